The van der Waals surface area contributed by atoms with Gasteiger partial charge < -0.3 is 15.8 Å². The van der Waals surface area contributed by atoms with Crippen LogP contribution < -0.4 is 11.1 Å². The normalized spacial score (nSPS) is 12.9. The van der Waals surface area contributed by atoms with Gasteiger partial charge in [-0.2, -0.15) is 0 Å². The minimum absolute atomic E-state index is 0.113. The van der Waals surface area contributed by atoms with Gasteiger partial charge in [0.2, 0.25) is 0 Å². The van der Waals surface area contributed by atoms with Crippen LogP contribution in [0.5, 0.6) is 0 Å². The number of hydrogen-bond acceptors (Lipinski definition) is 5. The molecule has 0 spiro atoms. The second-order valence-electron chi connectivity index (χ2n) is 7.17. The molecule has 3 N–H and O–H groups in total. The van der Waals surface area contributed by atoms with E-state index >= 15 is 0 Å². The molecule has 156 valence electrons. The van der Waals surface area contributed by atoms with Crippen LogP contribution >= 0.6 is 0 Å². The van der Waals surface area contributed by atoms with Crippen LogP contribution in [-0.2, 0) is 11.3 Å². The molecular formula is C24H28N4O2. The molecule has 2 unspecified atom stereocenters. The summed E-state index contributed by atoms with van der Waals surface area (Å²) in [5.74, 6) is 0.316. The first-order valence-corrected chi connectivity index (χ1v) is 10.3. The third-order valence-corrected chi connectivity index (χ3v) is 4.89. The molecule has 1 aromatic carbocycles. The zero-order valence-corrected chi connectivity index (χ0v) is 17.2. The Morgan fingerprint density at radius 2 is 1.93 bits per heavy atom. The third kappa shape index (κ3) is 6.20. The fourth-order valence-corrected chi connectivity index (χ4v) is 3.16. The molecule has 1 amide bonds. The molecule has 3 aromatic rings. The Morgan fingerprint density at radius 1 is 1.10 bits per heavy atom. The second-order valence-corrected chi connectivity index (χ2v) is 7.17. The molecule has 2 atom stereocenters. The number of carbonyl (C=O) groups is 1. The van der Waals surface area contributed by atoms with E-state index in [1.165, 1.54) is 0 Å². The molecule has 0 fully saturated rings. The number of unbranched alkanes of at least 4 members (excludes halogenated alkanes) is 1. The first kappa shape index (κ1) is 21.6. The molecule has 6 nitrogen and oxygen atoms in total. The van der Waals surface area contributed by atoms with Crippen molar-refractivity contribution in [2.24, 2.45) is 5.73 Å². The van der Waals surface area contributed by atoms with Gasteiger partial charge in [-0.3, -0.25) is 9.78 Å². The molecule has 30 heavy (non-hydrogen) atoms. The monoisotopic (exact) mass is 404 g/mol. The Morgan fingerprint density at radius 3 is 2.60 bits per heavy atom. The number of ether oxygens (including phenoxy) is 1. The summed E-state index contributed by atoms with van der Waals surface area (Å²) in [6, 6.07) is 16.3. The average molecular weight is 405 g/mol. The highest BCUT2D eigenvalue weighted by Gasteiger charge is 2.20. The van der Waals surface area contributed by atoms with Crippen molar-refractivity contribution < 1.29 is 9.53 Å². The predicted octanol–water partition coefficient (Wildman–Crippen LogP) is 4.50. The number of nitrogens with one attached hydrogen (secondary N) is 1. The minimum atomic E-state index is -0.277. The number of rotatable bonds is 10. The molecular weight excluding hydrogens is 376 g/mol. The lowest BCUT2D eigenvalue weighted by Gasteiger charge is -2.25. The quantitative estimate of drug-likeness (QED) is 0.519. The van der Waals surface area contributed by atoms with Gasteiger partial charge in [0.25, 0.3) is 5.91 Å². The number of nitrogens with two attached hydrogens (primary N) is 1. The van der Waals surface area contributed by atoms with Gasteiger partial charge in [-0.05, 0) is 47.9 Å². The summed E-state index contributed by atoms with van der Waals surface area (Å²) in [6.07, 6.45) is 8.06. The Labute approximate surface area is 177 Å². The van der Waals surface area contributed by atoms with Crippen molar-refractivity contribution in [3.63, 3.8) is 0 Å². The van der Waals surface area contributed by atoms with E-state index in [1.807, 2.05) is 30.3 Å². The summed E-state index contributed by atoms with van der Waals surface area (Å²) in [6.45, 7) is 2.62. The van der Waals surface area contributed by atoms with Crippen LogP contribution in [0.15, 0.2) is 73.2 Å². The van der Waals surface area contributed by atoms with Gasteiger partial charge in [0, 0.05) is 24.2 Å². The van der Waals surface area contributed by atoms with Crippen LogP contribution in [-0.4, -0.2) is 22.0 Å². The van der Waals surface area contributed by atoms with Crippen LogP contribution in [0.1, 0.15) is 53.7 Å². The van der Waals surface area contributed by atoms with Gasteiger partial charge in [0.1, 0.15) is 5.82 Å². The maximum atomic E-state index is 12.4. The van der Waals surface area contributed by atoms with Crippen molar-refractivity contribution in [3.8, 4) is 0 Å². The van der Waals surface area contributed by atoms with Crippen molar-refractivity contribution in [1.29, 1.82) is 0 Å². The highest BCUT2D eigenvalue weighted by Crippen LogP contribution is 2.23. The SMILES string of the molecule is CCCCC(OCc1cccnc1)C(N)c1ccc(C(=O)Nc2ccccn2)cc1. The number of amides is 1. The van der Waals surface area contributed by atoms with E-state index in [4.69, 9.17) is 10.5 Å². The zero-order chi connectivity index (χ0) is 21.2. The number of aromatic nitrogens is 2. The molecule has 2 aromatic heterocycles. The standard InChI is InChI=1S/C24H28N4O2/c1-2-3-8-21(30-17-18-7-6-14-26-16-18)23(25)19-10-12-20(13-11-19)24(29)28-22-9-4-5-15-27-22/h4-7,9-16,21,23H,2-3,8,17,25H2,1H3,(H,27,28,29). The molecule has 0 saturated heterocycles. The lowest BCUT2D eigenvalue weighted by molar-refractivity contribution is 0.0160. The summed E-state index contributed by atoms with van der Waals surface area (Å²) < 4.78 is 6.15. The molecule has 2 heterocycles. The van der Waals surface area contributed by atoms with E-state index in [0.29, 0.717) is 18.0 Å². The van der Waals surface area contributed by atoms with Crippen LogP contribution in [0, 0.1) is 0 Å². The number of nitrogens with zero attached hydrogens (tertiary/aromatic N) is 2. The zero-order valence-electron chi connectivity index (χ0n) is 17.2. The fraction of sp³-hybridized carbons (Fsp3) is 0.292. The number of benzene rings is 1. The van der Waals surface area contributed by atoms with Crippen molar-refractivity contribution in [2.75, 3.05) is 5.32 Å². The van der Waals surface area contributed by atoms with Gasteiger partial charge in [-0.25, -0.2) is 4.98 Å². The summed E-state index contributed by atoms with van der Waals surface area (Å²) in [5, 5.41) is 2.78. The van der Waals surface area contributed by atoms with Crippen LogP contribution in [0.3, 0.4) is 0 Å². The number of carbonyl (C=O) groups excluding carboxylic acids is 1. The second kappa shape index (κ2) is 11.2. The average Bonchev–Trinajstić information content (AvgIpc) is 2.80. The molecule has 0 bridgehead atoms. The highest BCUT2D eigenvalue weighted by atomic mass is 16.5. The van der Waals surface area contributed by atoms with Gasteiger partial charge in [0.05, 0.1) is 18.8 Å². The van der Waals surface area contributed by atoms with E-state index < -0.39 is 0 Å². The van der Waals surface area contributed by atoms with Crippen molar-refractivity contribution in [3.05, 3.63) is 89.9 Å². The van der Waals surface area contributed by atoms with E-state index in [9.17, 15) is 4.79 Å². The Balaban J connectivity index is 1.64. The van der Waals surface area contributed by atoms with Crippen LogP contribution in [0.2, 0.25) is 0 Å². The van der Waals surface area contributed by atoms with E-state index in [-0.39, 0.29) is 18.1 Å². The molecule has 0 aliphatic rings. The summed E-state index contributed by atoms with van der Waals surface area (Å²) in [7, 11) is 0. The lowest BCUT2D eigenvalue weighted by Crippen LogP contribution is -2.29. The molecule has 3 rings (SSSR count). The summed E-state index contributed by atoms with van der Waals surface area (Å²) in [4.78, 5) is 20.7. The maximum Gasteiger partial charge on any atom is 0.256 e. The maximum absolute atomic E-state index is 12.4. The largest absolute Gasteiger partial charge is 0.372 e. The first-order valence-electron chi connectivity index (χ1n) is 10.3. The number of hydrogen-bond donors (Lipinski definition) is 2. The van der Waals surface area contributed by atoms with Gasteiger partial charge in [-0.1, -0.05) is 44.0 Å². The Bertz CT molecular complexity index is 902. The summed E-state index contributed by atoms with van der Waals surface area (Å²) >= 11 is 0. The minimum Gasteiger partial charge on any atom is -0.372 e. The van der Waals surface area contributed by atoms with E-state index in [0.717, 1.165) is 30.4 Å². The van der Waals surface area contributed by atoms with Gasteiger partial charge >= 0.3 is 0 Å². The van der Waals surface area contributed by atoms with E-state index in [1.54, 1.807) is 42.9 Å². The predicted molar refractivity (Wildman–Crippen MR) is 118 cm³/mol. The molecule has 0 aliphatic heterocycles. The summed E-state index contributed by atoms with van der Waals surface area (Å²) in [5.41, 5.74) is 9.06. The molecule has 6 heteroatoms. The molecule has 0 radical (unpaired) electrons. The van der Waals surface area contributed by atoms with Gasteiger partial charge in [0.15, 0.2) is 0 Å². The molecule has 0 aliphatic carbocycles. The fourth-order valence-electron chi connectivity index (χ4n) is 3.16. The van der Waals surface area contributed by atoms with Crippen molar-refractivity contribution >= 4 is 11.7 Å². The van der Waals surface area contributed by atoms with Crippen molar-refractivity contribution in [1.82, 2.24) is 9.97 Å². The topological polar surface area (TPSA) is 90.1 Å². The first-order chi connectivity index (χ1) is 14.7. The number of anilines is 1. The Kier molecular flexibility index (Phi) is 8.06. The van der Waals surface area contributed by atoms with Crippen LogP contribution in [0.25, 0.3) is 0 Å². The number of pyridine rings is 2. The van der Waals surface area contributed by atoms with Gasteiger partial charge in [-0.15, -0.1) is 0 Å². The van der Waals surface area contributed by atoms with E-state index in [2.05, 4.69) is 22.2 Å². The smallest absolute Gasteiger partial charge is 0.256 e. The lowest BCUT2D eigenvalue weighted by atomic mass is 9.97. The highest BCUT2D eigenvalue weighted by molar-refractivity contribution is 6.03. The van der Waals surface area contributed by atoms with Crippen LogP contribution in [0.4, 0.5) is 5.82 Å². The Hall–Kier alpha value is -3.09. The molecule has 0 saturated carbocycles. The third-order valence-electron chi connectivity index (χ3n) is 4.89. The van der Waals surface area contributed by atoms with Crippen molar-refractivity contribution in [2.45, 2.75) is 44.9 Å².